The fraction of sp³-hybridized carbons (Fsp3) is 0.125. The minimum atomic E-state index is -0.485. The molecule has 0 aromatic heterocycles. The van der Waals surface area contributed by atoms with Crippen LogP contribution in [0.5, 0.6) is 0 Å². The van der Waals surface area contributed by atoms with Gasteiger partial charge in [0.05, 0.1) is 20.1 Å². The van der Waals surface area contributed by atoms with E-state index in [4.69, 9.17) is 5.26 Å². The Kier molecular flexibility index (Phi) is 3.83. The molecule has 0 radical (unpaired) electrons. The Bertz CT molecular complexity index is 428. The second kappa shape index (κ2) is 4.70. The number of hydrogen-bond acceptors (Lipinski definition) is 3. The van der Waals surface area contributed by atoms with Crippen molar-refractivity contribution in [3.63, 3.8) is 0 Å². The van der Waals surface area contributed by atoms with Crippen molar-refractivity contribution in [2.45, 2.75) is 5.33 Å². The van der Waals surface area contributed by atoms with Crippen molar-refractivity contribution in [3.8, 4) is 6.07 Å². The van der Waals surface area contributed by atoms with E-state index < -0.39 is 4.92 Å². The van der Waals surface area contributed by atoms with E-state index in [1.165, 1.54) is 6.07 Å². The summed E-state index contributed by atoms with van der Waals surface area (Å²) in [6, 6.07) is 4.88. The molecule has 0 saturated carbocycles. The highest BCUT2D eigenvalue weighted by Crippen LogP contribution is 2.25. The lowest BCUT2D eigenvalue weighted by Gasteiger charge is -2.01. The smallest absolute Gasteiger partial charge is 0.258 e. The number of alkyl halides is 1. The molecule has 0 fully saturated rings. The molecule has 0 aliphatic rings. The van der Waals surface area contributed by atoms with Gasteiger partial charge in [0.15, 0.2) is 0 Å². The molecule has 14 heavy (non-hydrogen) atoms. The van der Waals surface area contributed by atoms with Gasteiger partial charge in [-0.25, -0.2) is 0 Å². The Morgan fingerprint density at radius 2 is 2.29 bits per heavy atom. The lowest BCUT2D eigenvalue weighted by atomic mass is 10.1. The molecule has 0 atom stereocenters. The maximum absolute atomic E-state index is 10.6. The standard InChI is InChI=1S/C8H4BrIN2O2/c9-3-5-1-7(10)8(12(13)14)2-6(5)4-11/h1-2H,3H2. The maximum Gasteiger partial charge on any atom is 0.283 e. The zero-order chi connectivity index (χ0) is 10.7. The highest BCUT2D eigenvalue weighted by Gasteiger charge is 2.15. The van der Waals surface area contributed by atoms with Gasteiger partial charge >= 0.3 is 0 Å². The van der Waals surface area contributed by atoms with E-state index in [2.05, 4.69) is 15.9 Å². The minimum Gasteiger partial charge on any atom is -0.258 e. The average molecular weight is 367 g/mol. The van der Waals surface area contributed by atoms with Crippen molar-refractivity contribution in [3.05, 3.63) is 36.9 Å². The predicted octanol–water partition coefficient (Wildman–Crippen LogP) is 2.97. The van der Waals surface area contributed by atoms with E-state index in [1.54, 1.807) is 6.07 Å². The van der Waals surface area contributed by atoms with Gasteiger partial charge in [-0.05, 0) is 34.2 Å². The third kappa shape index (κ3) is 2.22. The molecule has 0 N–H and O–H groups in total. The first kappa shape index (κ1) is 11.4. The summed E-state index contributed by atoms with van der Waals surface area (Å²) in [6.45, 7) is 0. The van der Waals surface area contributed by atoms with E-state index in [0.717, 1.165) is 5.56 Å². The number of halogens is 2. The molecule has 1 aromatic rings. The van der Waals surface area contributed by atoms with Gasteiger partial charge in [-0.2, -0.15) is 5.26 Å². The van der Waals surface area contributed by atoms with Crippen molar-refractivity contribution >= 4 is 44.2 Å². The second-order valence-corrected chi connectivity index (χ2v) is 4.19. The Morgan fingerprint density at radius 3 is 2.71 bits per heavy atom. The molecule has 0 aliphatic heterocycles. The van der Waals surface area contributed by atoms with E-state index in [1.807, 2.05) is 28.7 Å². The lowest BCUT2D eigenvalue weighted by Crippen LogP contribution is -1.95. The summed E-state index contributed by atoms with van der Waals surface area (Å²) in [5.74, 6) is 0. The number of nitriles is 1. The second-order valence-electron chi connectivity index (χ2n) is 2.46. The van der Waals surface area contributed by atoms with Gasteiger partial charge in [0.25, 0.3) is 5.69 Å². The van der Waals surface area contributed by atoms with Crippen molar-refractivity contribution in [2.24, 2.45) is 0 Å². The summed E-state index contributed by atoms with van der Waals surface area (Å²) in [5, 5.41) is 19.8. The highest BCUT2D eigenvalue weighted by molar-refractivity contribution is 14.1. The maximum atomic E-state index is 10.6. The summed E-state index contributed by atoms with van der Waals surface area (Å²) in [5.41, 5.74) is 1.09. The number of hydrogen-bond donors (Lipinski definition) is 0. The van der Waals surface area contributed by atoms with E-state index in [9.17, 15) is 10.1 Å². The average Bonchev–Trinajstić information content (AvgIpc) is 2.16. The molecule has 4 nitrogen and oxygen atoms in total. The molecule has 6 heteroatoms. The Balaban J connectivity index is 3.40. The van der Waals surface area contributed by atoms with Crippen molar-refractivity contribution in [1.82, 2.24) is 0 Å². The van der Waals surface area contributed by atoms with E-state index >= 15 is 0 Å². The van der Waals surface area contributed by atoms with Crippen molar-refractivity contribution < 1.29 is 4.92 Å². The molecule has 1 rings (SSSR count). The van der Waals surface area contributed by atoms with Gasteiger partial charge < -0.3 is 0 Å². The quantitative estimate of drug-likeness (QED) is 0.350. The molecular weight excluding hydrogens is 363 g/mol. The van der Waals surface area contributed by atoms with E-state index in [-0.39, 0.29) is 5.69 Å². The predicted molar refractivity (Wildman–Crippen MR) is 63.2 cm³/mol. The van der Waals surface area contributed by atoms with Crippen LogP contribution in [0.2, 0.25) is 0 Å². The SMILES string of the molecule is N#Cc1cc([N+](=O)[O-])c(I)cc1CBr. The molecule has 72 valence electrons. The fourth-order valence-corrected chi connectivity index (χ4v) is 2.15. The van der Waals surface area contributed by atoms with Crippen LogP contribution in [-0.2, 0) is 5.33 Å². The zero-order valence-corrected chi connectivity index (χ0v) is 10.6. The molecule has 0 bridgehead atoms. The molecular formula is C8H4BrIN2O2. The normalized spacial score (nSPS) is 9.50. The molecule has 0 aliphatic carbocycles. The zero-order valence-electron chi connectivity index (χ0n) is 6.83. The Hall–Kier alpha value is -0.680. The largest absolute Gasteiger partial charge is 0.283 e. The van der Waals surface area contributed by atoms with Crippen LogP contribution in [0.3, 0.4) is 0 Å². The van der Waals surface area contributed by atoms with E-state index in [0.29, 0.717) is 14.5 Å². The lowest BCUT2D eigenvalue weighted by molar-refractivity contribution is -0.385. The summed E-state index contributed by atoms with van der Waals surface area (Å²) in [7, 11) is 0. The minimum absolute atomic E-state index is 0.0214. The first-order valence-corrected chi connectivity index (χ1v) is 5.73. The Labute approximate surface area is 102 Å². The monoisotopic (exact) mass is 366 g/mol. The van der Waals surface area contributed by atoms with Crippen LogP contribution >= 0.6 is 38.5 Å². The fourth-order valence-electron chi connectivity index (χ4n) is 0.958. The molecule has 0 heterocycles. The first-order valence-electron chi connectivity index (χ1n) is 3.53. The molecule has 0 spiro atoms. The number of benzene rings is 1. The first-order chi connectivity index (χ1) is 6.60. The van der Waals surface area contributed by atoms with Gasteiger partial charge in [-0.3, -0.25) is 10.1 Å². The number of rotatable bonds is 2. The summed E-state index contributed by atoms with van der Waals surface area (Å²) in [4.78, 5) is 10.1. The van der Waals surface area contributed by atoms with Crippen LogP contribution in [0.1, 0.15) is 11.1 Å². The highest BCUT2D eigenvalue weighted by atomic mass is 127. The van der Waals surface area contributed by atoms with Crippen LogP contribution in [0.15, 0.2) is 12.1 Å². The number of nitro groups is 1. The van der Waals surface area contributed by atoms with Gasteiger partial charge in [0.1, 0.15) is 0 Å². The van der Waals surface area contributed by atoms with Gasteiger partial charge in [-0.1, -0.05) is 15.9 Å². The topological polar surface area (TPSA) is 66.9 Å². The summed E-state index contributed by atoms with van der Waals surface area (Å²) >= 11 is 5.11. The van der Waals surface area contributed by atoms with Crippen LogP contribution < -0.4 is 0 Å². The third-order valence-electron chi connectivity index (χ3n) is 1.63. The Morgan fingerprint density at radius 1 is 1.64 bits per heavy atom. The van der Waals surface area contributed by atoms with Crippen LogP contribution in [0.4, 0.5) is 5.69 Å². The van der Waals surface area contributed by atoms with Gasteiger partial charge in [0.2, 0.25) is 0 Å². The van der Waals surface area contributed by atoms with Crippen LogP contribution in [0.25, 0.3) is 0 Å². The van der Waals surface area contributed by atoms with Crippen LogP contribution in [0, 0.1) is 25.0 Å². The van der Waals surface area contributed by atoms with Crippen LogP contribution in [-0.4, -0.2) is 4.92 Å². The number of nitro benzene ring substituents is 1. The molecule has 0 saturated heterocycles. The van der Waals surface area contributed by atoms with Gasteiger partial charge in [-0.15, -0.1) is 0 Å². The summed E-state index contributed by atoms with van der Waals surface area (Å²) < 4.78 is 0.543. The summed E-state index contributed by atoms with van der Waals surface area (Å²) in [6.07, 6.45) is 0. The van der Waals surface area contributed by atoms with Crippen molar-refractivity contribution in [1.29, 1.82) is 5.26 Å². The molecule has 1 aromatic carbocycles. The third-order valence-corrected chi connectivity index (χ3v) is 3.10. The van der Waals surface area contributed by atoms with Crippen molar-refractivity contribution in [2.75, 3.05) is 0 Å². The number of nitrogens with zero attached hydrogens (tertiary/aromatic N) is 2. The molecule has 0 unspecified atom stereocenters. The molecule has 0 amide bonds. The van der Waals surface area contributed by atoms with Gasteiger partial charge in [0, 0.05) is 11.4 Å².